The van der Waals surface area contributed by atoms with Gasteiger partial charge in [0.25, 0.3) is 0 Å². The highest BCUT2D eigenvalue weighted by atomic mass is 19.4. The maximum atomic E-state index is 12.9. The number of nitrogens with one attached hydrogen (secondary N) is 2. The van der Waals surface area contributed by atoms with Gasteiger partial charge in [-0.1, -0.05) is 0 Å². The third-order valence-electron chi connectivity index (χ3n) is 3.98. The Morgan fingerprint density at radius 2 is 1.75 bits per heavy atom. The van der Waals surface area contributed by atoms with E-state index in [1.165, 1.54) is 0 Å². The van der Waals surface area contributed by atoms with Gasteiger partial charge >= 0.3 is 18.2 Å². The Labute approximate surface area is 137 Å². The minimum atomic E-state index is -4.70. The fourth-order valence-corrected chi connectivity index (χ4v) is 2.44. The van der Waals surface area contributed by atoms with E-state index in [1.54, 1.807) is 20.8 Å². The first kappa shape index (κ1) is 20.0. The van der Waals surface area contributed by atoms with Crippen molar-refractivity contribution in [2.45, 2.75) is 26.9 Å². The van der Waals surface area contributed by atoms with Gasteiger partial charge in [-0.3, -0.25) is 9.59 Å². The lowest BCUT2D eigenvalue weighted by atomic mass is 9.92. The van der Waals surface area contributed by atoms with E-state index in [2.05, 4.69) is 10.6 Å². The number of nitrogens with zero attached hydrogens (tertiary/aromatic N) is 1. The molecule has 0 aliphatic carbocycles. The van der Waals surface area contributed by atoms with Gasteiger partial charge in [-0.2, -0.15) is 13.2 Å². The molecule has 0 aromatic rings. The van der Waals surface area contributed by atoms with Crippen LogP contribution in [0.25, 0.3) is 0 Å². The number of halogens is 3. The molecule has 0 unspecified atom stereocenters. The molecule has 24 heavy (non-hydrogen) atoms. The van der Waals surface area contributed by atoms with E-state index in [0.29, 0.717) is 6.54 Å². The summed E-state index contributed by atoms with van der Waals surface area (Å²) in [6.45, 7) is 4.00. The molecule has 138 valence electrons. The van der Waals surface area contributed by atoms with Crippen LogP contribution in [-0.2, 0) is 9.59 Å². The molecule has 3 N–H and O–H groups in total. The van der Waals surface area contributed by atoms with E-state index in [-0.39, 0.29) is 12.5 Å². The normalized spacial score (nSPS) is 21.5. The van der Waals surface area contributed by atoms with Gasteiger partial charge < -0.3 is 20.6 Å². The summed E-state index contributed by atoms with van der Waals surface area (Å²) in [7, 11) is 0. The van der Waals surface area contributed by atoms with Gasteiger partial charge in [0.15, 0.2) is 0 Å². The summed E-state index contributed by atoms with van der Waals surface area (Å²) < 4.78 is 38.7. The van der Waals surface area contributed by atoms with Crippen molar-refractivity contribution in [1.82, 2.24) is 15.5 Å². The molecule has 0 radical (unpaired) electrons. The van der Waals surface area contributed by atoms with Gasteiger partial charge in [0.1, 0.15) is 0 Å². The number of carbonyl (C=O) groups is 3. The molecule has 0 saturated carbocycles. The molecular formula is C14H22F3N3O4. The molecule has 2 atom stereocenters. The molecule has 1 heterocycles. The van der Waals surface area contributed by atoms with Gasteiger partial charge in [-0.15, -0.1) is 0 Å². The van der Waals surface area contributed by atoms with E-state index >= 15 is 0 Å². The third-order valence-corrected chi connectivity index (χ3v) is 3.98. The number of amides is 3. The first-order valence-electron chi connectivity index (χ1n) is 7.50. The number of carboxylic acids is 1. The van der Waals surface area contributed by atoms with Crippen LogP contribution in [0, 0.1) is 17.3 Å². The monoisotopic (exact) mass is 353 g/mol. The number of carboxylic acid groups (broad SMARTS) is 1. The average molecular weight is 353 g/mol. The summed E-state index contributed by atoms with van der Waals surface area (Å²) in [5.41, 5.74) is -0.943. The summed E-state index contributed by atoms with van der Waals surface area (Å²) in [5.74, 6) is -5.68. The number of hydrogen-bond donors (Lipinski definition) is 3. The van der Waals surface area contributed by atoms with E-state index in [1.807, 2.05) is 0 Å². The van der Waals surface area contributed by atoms with Crippen molar-refractivity contribution >= 4 is 17.9 Å². The van der Waals surface area contributed by atoms with Gasteiger partial charge in [0.05, 0.1) is 17.3 Å². The van der Waals surface area contributed by atoms with Crippen molar-refractivity contribution in [2.24, 2.45) is 17.3 Å². The molecule has 0 aromatic heterocycles. The van der Waals surface area contributed by atoms with Crippen LogP contribution >= 0.6 is 0 Å². The molecule has 1 rings (SSSR count). The topological polar surface area (TPSA) is 98.7 Å². The van der Waals surface area contributed by atoms with Crippen molar-refractivity contribution in [3.63, 3.8) is 0 Å². The molecule has 7 nitrogen and oxygen atoms in total. The molecule has 3 amide bonds. The summed E-state index contributed by atoms with van der Waals surface area (Å²) in [6.07, 6.45) is -4.70. The van der Waals surface area contributed by atoms with E-state index < -0.39 is 48.5 Å². The number of urea groups is 1. The summed E-state index contributed by atoms with van der Waals surface area (Å²) >= 11 is 0. The number of hydrogen-bond acceptors (Lipinski definition) is 3. The number of likely N-dealkylation sites (tertiary alicyclic amines) is 1. The van der Waals surface area contributed by atoms with Crippen molar-refractivity contribution in [2.75, 3.05) is 26.2 Å². The Morgan fingerprint density at radius 3 is 2.17 bits per heavy atom. The molecule has 1 fully saturated rings. The fraction of sp³-hybridized carbons (Fsp3) is 0.786. The van der Waals surface area contributed by atoms with Gasteiger partial charge in [-0.25, -0.2) is 4.79 Å². The zero-order valence-corrected chi connectivity index (χ0v) is 13.7. The Hall–Kier alpha value is -2.00. The number of aliphatic carboxylic acids is 1. The molecular weight excluding hydrogens is 331 g/mol. The smallest absolute Gasteiger partial charge is 0.394 e. The predicted molar refractivity (Wildman–Crippen MR) is 78.1 cm³/mol. The van der Waals surface area contributed by atoms with Crippen LogP contribution in [-0.4, -0.2) is 60.3 Å². The fourth-order valence-electron chi connectivity index (χ4n) is 2.44. The summed E-state index contributed by atoms with van der Waals surface area (Å²) in [6, 6.07) is -0.814. The van der Waals surface area contributed by atoms with Crippen LogP contribution in [0.4, 0.5) is 18.0 Å². The largest absolute Gasteiger partial charge is 0.481 e. The summed E-state index contributed by atoms with van der Waals surface area (Å²) in [5, 5.41) is 13.9. The van der Waals surface area contributed by atoms with Crippen LogP contribution in [0.15, 0.2) is 0 Å². The molecule has 0 aromatic carbocycles. The zero-order valence-electron chi connectivity index (χ0n) is 13.7. The number of rotatable bonds is 5. The van der Waals surface area contributed by atoms with Crippen molar-refractivity contribution in [3.8, 4) is 0 Å². The first-order valence-corrected chi connectivity index (χ1v) is 7.50. The van der Waals surface area contributed by atoms with Crippen LogP contribution in [0.1, 0.15) is 20.8 Å². The number of carbonyl (C=O) groups excluding carboxylic acids is 2. The third kappa shape index (κ3) is 4.75. The number of alkyl halides is 3. The summed E-state index contributed by atoms with van der Waals surface area (Å²) in [4.78, 5) is 35.7. The Balaban J connectivity index is 2.69. The van der Waals surface area contributed by atoms with E-state index in [0.717, 1.165) is 4.90 Å². The van der Waals surface area contributed by atoms with Gasteiger partial charge in [0.2, 0.25) is 5.91 Å². The SMILES string of the molecule is CCNC(=O)C(C)(C)CNC(=O)N1C[C@@H](C(F)(F)F)[C@H](C(=O)O)C1. The van der Waals surface area contributed by atoms with E-state index in [4.69, 9.17) is 5.11 Å². The minimum Gasteiger partial charge on any atom is -0.481 e. The van der Waals surface area contributed by atoms with Crippen molar-refractivity contribution < 1.29 is 32.7 Å². The quantitative estimate of drug-likeness (QED) is 0.688. The second kappa shape index (κ2) is 7.27. The highest BCUT2D eigenvalue weighted by molar-refractivity contribution is 5.83. The highest BCUT2D eigenvalue weighted by Gasteiger charge is 2.53. The molecule has 0 bridgehead atoms. The maximum Gasteiger partial charge on any atom is 0.394 e. The minimum absolute atomic E-state index is 0.0808. The maximum absolute atomic E-state index is 12.9. The van der Waals surface area contributed by atoms with Gasteiger partial charge in [-0.05, 0) is 20.8 Å². The molecule has 1 aliphatic heterocycles. The molecule has 1 saturated heterocycles. The first-order chi connectivity index (χ1) is 10.9. The standard InChI is InChI=1S/C14H22F3N3O4/c1-4-18-11(23)13(2,3)7-19-12(24)20-5-8(10(21)22)9(6-20)14(15,16)17/h8-9H,4-7H2,1-3H3,(H,18,23)(H,19,24)(H,21,22)/t8-,9-/m1/s1. The van der Waals surface area contributed by atoms with E-state index in [9.17, 15) is 27.6 Å². The lowest BCUT2D eigenvalue weighted by molar-refractivity contribution is -0.187. The second-order valence-corrected chi connectivity index (χ2v) is 6.40. The lowest BCUT2D eigenvalue weighted by Crippen LogP contribution is -2.48. The molecule has 1 aliphatic rings. The second-order valence-electron chi connectivity index (χ2n) is 6.40. The van der Waals surface area contributed by atoms with Crippen molar-refractivity contribution in [1.29, 1.82) is 0 Å². The van der Waals surface area contributed by atoms with Crippen LogP contribution in [0.3, 0.4) is 0 Å². The van der Waals surface area contributed by atoms with Crippen LogP contribution in [0.5, 0.6) is 0 Å². The molecule has 0 spiro atoms. The Kier molecular flexibility index (Phi) is 6.07. The van der Waals surface area contributed by atoms with Crippen LogP contribution in [0.2, 0.25) is 0 Å². The average Bonchev–Trinajstić information content (AvgIpc) is 2.90. The van der Waals surface area contributed by atoms with Crippen molar-refractivity contribution in [3.05, 3.63) is 0 Å². The molecule has 10 heteroatoms. The Bertz CT molecular complexity index is 508. The zero-order chi connectivity index (χ0) is 18.7. The van der Waals surface area contributed by atoms with Gasteiger partial charge in [0, 0.05) is 26.2 Å². The Morgan fingerprint density at radius 1 is 1.17 bits per heavy atom. The lowest BCUT2D eigenvalue weighted by Gasteiger charge is -2.25. The predicted octanol–water partition coefficient (Wildman–Crippen LogP) is 1.05. The highest BCUT2D eigenvalue weighted by Crippen LogP contribution is 2.37. The van der Waals surface area contributed by atoms with Crippen LogP contribution < -0.4 is 10.6 Å².